The monoisotopic (exact) mass is 206 g/mol. The molecular formula is C12H20NSi+. The SMILES string of the molecule is C[N+]1(CCC[SiH3])CCc2ccccc21. The first kappa shape index (κ1) is 9.93. The van der Waals surface area contributed by atoms with E-state index in [0.29, 0.717) is 0 Å². The van der Waals surface area contributed by atoms with Gasteiger partial charge in [-0.3, -0.25) is 4.48 Å². The number of hydrogen-bond acceptors (Lipinski definition) is 0. The van der Waals surface area contributed by atoms with Crippen molar-refractivity contribution in [3.63, 3.8) is 0 Å². The van der Waals surface area contributed by atoms with Crippen LogP contribution < -0.4 is 4.48 Å². The average molecular weight is 206 g/mol. The summed E-state index contributed by atoms with van der Waals surface area (Å²) in [6, 6.07) is 10.4. The van der Waals surface area contributed by atoms with E-state index >= 15 is 0 Å². The Bertz CT molecular complexity index is 324. The number of nitrogens with zero attached hydrogens (tertiary/aromatic N) is 1. The van der Waals surface area contributed by atoms with E-state index in [1.165, 1.54) is 46.7 Å². The van der Waals surface area contributed by atoms with Gasteiger partial charge in [0.1, 0.15) is 5.69 Å². The molecule has 76 valence electrons. The quantitative estimate of drug-likeness (QED) is 0.517. The second-order valence-corrected chi connectivity index (χ2v) is 5.58. The summed E-state index contributed by atoms with van der Waals surface area (Å²) in [5.74, 6) is 0. The number of rotatable bonds is 3. The number of para-hydroxylation sites is 1. The molecule has 0 aromatic heterocycles. The molecule has 2 heteroatoms. The van der Waals surface area contributed by atoms with Crippen LogP contribution in [0, 0.1) is 0 Å². The fourth-order valence-corrected chi connectivity index (χ4v) is 2.79. The second kappa shape index (κ2) is 3.87. The Morgan fingerprint density at radius 2 is 2.14 bits per heavy atom. The van der Waals surface area contributed by atoms with Gasteiger partial charge in [0.2, 0.25) is 0 Å². The van der Waals surface area contributed by atoms with Crippen molar-refractivity contribution in [2.45, 2.75) is 18.9 Å². The van der Waals surface area contributed by atoms with Gasteiger partial charge in [0.15, 0.2) is 0 Å². The number of hydrogen-bond donors (Lipinski definition) is 0. The standard InChI is InChI=1S/C12H20NSi/c1-13(8-4-10-14)9-7-11-5-2-3-6-12(11)13/h2-3,5-6H,4,7-10H2,1,14H3/q+1. The van der Waals surface area contributed by atoms with Crippen LogP contribution in [0.3, 0.4) is 0 Å². The molecule has 1 aliphatic rings. The summed E-state index contributed by atoms with van der Waals surface area (Å²) in [4.78, 5) is 0. The van der Waals surface area contributed by atoms with Gasteiger partial charge in [0.25, 0.3) is 0 Å². The van der Waals surface area contributed by atoms with Crippen LogP contribution in [0.1, 0.15) is 12.0 Å². The third kappa shape index (κ3) is 1.64. The van der Waals surface area contributed by atoms with Gasteiger partial charge < -0.3 is 0 Å². The first-order valence-corrected chi connectivity index (χ1v) is 7.11. The van der Waals surface area contributed by atoms with Gasteiger partial charge in [-0.25, -0.2) is 0 Å². The van der Waals surface area contributed by atoms with Crippen molar-refractivity contribution < 1.29 is 0 Å². The van der Waals surface area contributed by atoms with Gasteiger partial charge in [-0.05, 0) is 12.5 Å². The normalized spacial score (nSPS) is 25.2. The van der Waals surface area contributed by atoms with E-state index in [9.17, 15) is 0 Å². The average Bonchev–Trinajstić information content (AvgIpc) is 2.55. The van der Waals surface area contributed by atoms with Crippen LogP contribution in [0.2, 0.25) is 6.04 Å². The molecule has 0 radical (unpaired) electrons. The van der Waals surface area contributed by atoms with Gasteiger partial charge in [0, 0.05) is 22.2 Å². The minimum absolute atomic E-state index is 1.18. The smallest absolute Gasteiger partial charge is 0.136 e. The maximum atomic E-state index is 2.39. The summed E-state index contributed by atoms with van der Waals surface area (Å²) in [6.45, 7) is 2.64. The van der Waals surface area contributed by atoms with Crippen molar-refractivity contribution >= 4 is 15.9 Å². The molecular weight excluding hydrogens is 186 g/mol. The van der Waals surface area contributed by atoms with Crippen molar-refractivity contribution in [2.24, 2.45) is 0 Å². The molecule has 0 aliphatic carbocycles. The molecule has 0 saturated carbocycles. The first-order chi connectivity index (χ1) is 6.76. The molecule has 0 saturated heterocycles. The van der Waals surface area contributed by atoms with E-state index in [1.807, 2.05) is 0 Å². The Balaban J connectivity index is 2.23. The third-order valence-electron chi connectivity index (χ3n) is 3.45. The summed E-state index contributed by atoms with van der Waals surface area (Å²) in [6.07, 6.45) is 2.67. The summed E-state index contributed by atoms with van der Waals surface area (Å²) >= 11 is 0. The Kier molecular flexibility index (Phi) is 2.75. The summed E-state index contributed by atoms with van der Waals surface area (Å²) in [5.41, 5.74) is 3.14. The minimum atomic E-state index is 1.18. The molecule has 1 aromatic rings. The van der Waals surface area contributed by atoms with Gasteiger partial charge in [-0.2, -0.15) is 0 Å². The fraction of sp³-hybridized carbons (Fsp3) is 0.500. The number of benzene rings is 1. The summed E-state index contributed by atoms with van der Waals surface area (Å²) < 4.78 is 1.18. The number of fused-ring (bicyclic) bond motifs is 1. The molecule has 1 heterocycles. The van der Waals surface area contributed by atoms with Crippen molar-refractivity contribution in [2.75, 3.05) is 20.1 Å². The highest BCUT2D eigenvalue weighted by molar-refractivity contribution is 6.08. The van der Waals surface area contributed by atoms with Crippen LogP contribution in [0.4, 0.5) is 5.69 Å². The van der Waals surface area contributed by atoms with Crippen LogP contribution in [0.15, 0.2) is 24.3 Å². The molecule has 2 rings (SSSR count). The molecule has 14 heavy (non-hydrogen) atoms. The highest BCUT2D eigenvalue weighted by atomic mass is 28.1. The molecule has 1 atom stereocenters. The zero-order chi connectivity index (χ0) is 10.0. The number of quaternary nitrogens is 1. The van der Waals surface area contributed by atoms with Crippen LogP contribution in [0.25, 0.3) is 0 Å². The van der Waals surface area contributed by atoms with E-state index in [4.69, 9.17) is 0 Å². The first-order valence-electron chi connectivity index (χ1n) is 5.69. The van der Waals surface area contributed by atoms with Crippen molar-refractivity contribution in [1.29, 1.82) is 0 Å². The minimum Gasteiger partial charge on any atom is -0.293 e. The van der Waals surface area contributed by atoms with Crippen molar-refractivity contribution in [1.82, 2.24) is 4.48 Å². The van der Waals surface area contributed by atoms with Crippen molar-refractivity contribution in [3.8, 4) is 0 Å². The van der Waals surface area contributed by atoms with E-state index in [-0.39, 0.29) is 0 Å². The molecule has 0 fully saturated rings. The topological polar surface area (TPSA) is 0 Å². The maximum Gasteiger partial charge on any atom is 0.136 e. The van der Waals surface area contributed by atoms with Crippen LogP contribution in [-0.2, 0) is 6.42 Å². The highest BCUT2D eigenvalue weighted by Gasteiger charge is 2.32. The summed E-state index contributed by atoms with van der Waals surface area (Å²) in [5, 5.41) is 0. The fourth-order valence-electron chi connectivity index (χ4n) is 2.48. The molecule has 1 unspecified atom stereocenters. The van der Waals surface area contributed by atoms with Gasteiger partial charge in [0.05, 0.1) is 20.1 Å². The molecule has 1 aromatic carbocycles. The Hall–Kier alpha value is -0.603. The summed E-state index contributed by atoms with van der Waals surface area (Å²) in [7, 11) is 3.75. The predicted molar refractivity (Wildman–Crippen MR) is 67.0 cm³/mol. The Morgan fingerprint density at radius 1 is 1.36 bits per heavy atom. The molecule has 0 amide bonds. The van der Waals surface area contributed by atoms with Crippen LogP contribution in [0.5, 0.6) is 0 Å². The van der Waals surface area contributed by atoms with Gasteiger partial charge in [-0.1, -0.05) is 24.2 Å². The highest BCUT2D eigenvalue weighted by Crippen LogP contribution is 2.32. The number of likely N-dealkylation sites (N-methyl/N-ethyl adjacent to an activating group) is 1. The molecule has 1 aliphatic heterocycles. The van der Waals surface area contributed by atoms with Gasteiger partial charge in [-0.15, -0.1) is 0 Å². The molecule has 0 spiro atoms. The van der Waals surface area contributed by atoms with Crippen LogP contribution in [-0.4, -0.2) is 30.4 Å². The van der Waals surface area contributed by atoms with E-state index in [0.717, 1.165) is 0 Å². The molecule has 0 bridgehead atoms. The zero-order valence-electron chi connectivity index (χ0n) is 9.29. The predicted octanol–water partition coefficient (Wildman–Crippen LogP) is 1.35. The lowest BCUT2D eigenvalue weighted by Gasteiger charge is -2.29. The van der Waals surface area contributed by atoms with E-state index in [2.05, 4.69) is 31.3 Å². The van der Waals surface area contributed by atoms with Gasteiger partial charge >= 0.3 is 0 Å². The molecule has 1 nitrogen and oxygen atoms in total. The van der Waals surface area contributed by atoms with Crippen LogP contribution >= 0.6 is 0 Å². The zero-order valence-corrected chi connectivity index (χ0v) is 11.3. The lowest BCUT2D eigenvalue weighted by atomic mass is 10.2. The van der Waals surface area contributed by atoms with E-state index in [1.54, 1.807) is 11.3 Å². The molecule has 0 N–H and O–H groups in total. The third-order valence-corrected chi connectivity index (χ3v) is 4.16. The lowest BCUT2D eigenvalue weighted by molar-refractivity contribution is 0.357. The van der Waals surface area contributed by atoms with Crippen molar-refractivity contribution in [3.05, 3.63) is 29.8 Å². The second-order valence-electron chi connectivity index (χ2n) is 4.58. The van der Waals surface area contributed by atoms with E-state index < -0.39 is 0 Å². The Labute approximate surface area is 89.8 Å². The Morgan fingerprint density at radius 3 is 2.93 bits per heavy atom. The largest absolute Gasteiger partial charge is 0.293 e. The lowest BCUT2D eigenvalue weighted by Crippen LogP contribution is -2.43. The maximum absolute atomic E-state index is 2.39.